The van der Waals surface area contributed by atoms with Crippen LogP contribution in [0, 0.1) is 11.3 Å². The van der Waals surface area contributed by atoms with Gasteiger partial charge in [0.05, 0.1) is 0 Å². The first-order chi connectivity index (χ1) is 11.3. The van der Waals surface area contributed by atoms with Crippen LogP contribution in [0.1, 0.15) is 61.3 Å². The smallest absolute Gasteiger partial charge is 0.408 e. The molecule has 2 amide bonds. The normalized spacial score (nSPS) is 22.2. The number of aliphatic carboxylic acids is 1. The summed E-state index contributed by atoms with van der Waals surface area (Å²) in [6.45, 7) is 13.3. The Bertz CT molecular complexity index is 524. The van der Waals surface area contributed by atoms with Gasteiger partial charge in [-0.3, -0.25) is 4.79 Å². The van der Waals surface area contributed by atoms with Crippen LogP contribution in [0.4, 0.5) is 4.79 Å². The standard InChI is InChI=1S/C18H32N2O5/c1-8-11(2)13(19-16(24)25-17(3,4)5)14(21)20-10-18(6,7)9-12(20)15(22)23/h11-13H,8-10H2,1-7H3,(H,19,24)(H,22,23)/t11-,12-,13-/m0/s1. The largest absolute Gasteiger partial charge is 0.480 e. The molecule has 0 aromatic rings. The number of carbonyl (C=O) groups is 3. The van der Waals surface area contributed by atoms with Crippen molar-refractivity contribution in [3.05, 3.63) is 0 Å². The van der Waals surface area contributed by atoms with Crippen LogP contribution in [-0.2, 0) is 14.3 Å². The van der Waals surface area contributed by atoms with E-state index in [9.17, 15) is 19.5 Å². The van der Waals surface area contributed by atoms with Crippen molar-refractivity contribution in [3.63, 3.8) is 0 Å². The van der Waals surface area contributed by atoms with E-state index in [1.807, 2.05) is 27.7 Å². The molecule has 1 aliphatic rings. The summed E-state index contributed by atoms with van der Waals surface area (Å²) in [5.74, 6) is -1.52. The number of carbonyl (C=O) groups excluding carboxylic acids is 2. The highest BCUT2D eigenvalue weighted by molar-refractivity contribution is 5.90. The van der Waals surface area contributed by atoms with Gasteiger partial charge in [-0.15, -0.1) is 0 Å². The lowest BCUT2D eigenvalue weighted by Crippen LogP contribution is -2.55. The van der Waals surface area contributed by atoms with Crippen molar-refractivity contribution < 1.29 is 24.2 Å². The lowest BCUT2D eigenvalue weighted by atomic mass is 9.91. The molecule has 0 aromatic heterocycles. The van der Waals surface area contributed by atoms with Gasteiger partial charge in [0.1, 0.15) is 17.7 Å². The number of nitrogens with zero attached hydrogens (tertiary/aromatic N) is 1. The van der Waals surface area contributed by atoms with Gasteiger partial charge in [-0.05, 0) is 38.5 Å². The van der Waals surface area contributed by atoms with Crippen molar-refractivity contribution in [2.45, 2.75) is 79.0 Å². The number of alkyl carbamates (subject to hydrolysis) is 1. The van der Waals surface area contributed by atoms with E-state index in [1.165, 1.54) is 4.90 Å². The predicted octanol–water partition coefficient (Wildman–Crippen LogP) is 2.64. The summed E-state index contributed by atoms with van der Waals surface area (Å²) in [6, 6.07) is -1.68. The van der Waals surface area contributed by atoms with Crippen LogP contribution < -0.4 is 5.32 Å². The minimum Gasteiger partial charge on any atom is -0.480 e. The molecule has 0 bridgehead atoms. The second kappa shape index (κ2) is 7.62. The number of hydrogen-bond acceptors (Lipinski definition) is 4. The average molecular weight is 356 g/mol. The number of amides is 2. The molecule has 0 aromatic carbocycles. The van der Waals surface area contributed by atoms with Crippen LogP contribution in [0.15, 0.2) is 0 Å². The van der Waals surface area contributed by atoms with E-state index < -0.39 is 29.7 Å². The predicted molar refractivity (Wildman–Crippen MR) is 94.1 cm³/mol. The fourth-order valence-electron chi connectivity index (χ4n) is 3.02. The summed E-state index contributed by atoms with van der Waals surface area (Å²) in [4.78, 5) is 38.1. The molecular weight excluding hydrogens is 324 g/mol. The van der Waals surface area contributed by atoms with Crippen molar-refractivity contribution in [2.75, 3.05) is 6.54 Å². The minimum absolute atomic E-state index is 0.141. The number of carboxylic acid groups (broad SMARTS) is 1. The molecule has 0 spiro atoms. The molecule has 1 fully saturated rings. The van der Waals surface area contributed by atoms with Crippen LogP contribution >= 0.6 is 0 Å². The quantitative estimate of drug-likeness (QED) is 0.789. The zero-order valence-corrected chi connectivity index (χ0v) is 16.4. The highest BCUT2D eigenvalue weighted by Crippen LogP contribution is 2.35. The lowest BCUT2D eigenvalue weighted by Gasteiger charge is -2.31. The summed E-state index contributed by atoms with van der Waals surface area (Å²) in [5.41, 5.74) is -0.947. The van der Waals surface area contributed by atoms with Crippen LogP contribution in [0.5, 0.6) is 0 Å². The second-order valence-electron chi connectivity index (χ2n) is 8.70. The lowest BCUT2D eigenvalue weighted by molar-refractivity contribution is -0.149. The second-order valence-corrected chi connectivity index (χ2v) is 8.70. The summed E-state index contributed by atoms with van der Waals surface area (Å²) in [6.07, 6.45) is 0.394. The van der Waals surface area contributed by atoms with Crippen molar-refractivity contribution in [1.29, 1.82) is 0 Å². The minimum atomic E-state index is -1.01. The van der Waals surface area contributed by atoms with Gasteiger partial charge >= 0.3 is 12.1 Å². The molecule has 3 atom stereocenters. The third-order valence-corrected chi connectivity index (χ3v) is 4.44. The Morgan fingerprint density at radius 3 is 2.32 bits per heavy atom. The Morgan fingerprint density at radius 2 is 1.88 bits per heavy atom. The van der Waals surface area contributed by atoms with E-state index >= 15 is 0 Å². The Balaban J connectivity index is 3.00. The van der Waals surface area contributed by atoms with Gasteiger partial charge in [0.15, 0.2) is 0 Å². The number of ether oxygens (including phenoxy) is 1. The van der Waals surface area contributed by atoms with E-state index in [1.54, 1.807) is 20.8 Å². The molecule has 144 valence electrons. The third kappa shape index (κ3) is 5.90. The van der Waals surface area contributed by atoms with Crippen LogP contribution in [0.3, 0.4) is 0 Å². The number of hydrogen-bond donors (Lipinski definition) is 2. The first-order valence-electron chi connectivity index (χ1n) is 8.80. The van der Waals surface area contributed by atoms with Crippen LogP contribution in [0.2, 0.25) is 0 Å². The van der Waals surface area contributed by atoms with Gasteiger partial charge in [0.2, 0.25) is 5.91 Å². The maximum Gasteiger partial charge on any atom is 0.408 e. The monoisotopic (exact) mass is 356 g/mol. The molecule has 0 saturated carbocycles. The number of rotatable bonds is 5. The zero-order chi connectivity index (χ0) is 19.6. The molecule has 0 unspecified atom stereocenters. The molecule has 7 heteroatoms. The van der Waals surface area contributed by atoms with E-state index in [-0.39, 0.29) is 17.2 Å². The van der Waals surface area contributed by atoms with Gasteiger partial charge < -0.3 is 20.1 Å². The Hall–Kier alpha value is -1.79. The summed E-state index contributed by atoms with van der Waals surface area (Å²) in [7, 11) is 0. The molecule has 2 N–H and O–H groups in total. The SMILES string of the molecule is CC[C@H](C)[C@H](NC(=O)OC(C)(C)C)C(=O)N1CC(C)(C)C[C@H]1C(=O)O. The topological polar surface area (TPSA) is 95.9 Å². The fraction of sp³-hybridized carbons (Fsp3) is 0.833. The fourth-order valence-corrected chi connectivity index (χ4v) is 3.02. The highest BCUT2D eigenvalue weighted by atomic mass is 16.6. The van der Waals surface area contributed by atoms with E-state index in [2.05, 4.69) is 5.32 Å². The van der Waals surface area contributed by atoms with Gasteiger partial charge in [-0.1, -0.05) is 34.1 Å². The summed E-state index contributed by atoms with van der Waals surface area (Å²) >= 11 is 0. The van der Waals surface area contributed by atoms with Gasteiger partial charge in [-0.2, -0.15) is 0 Å². The Kier molecular flexibility index (Phi) is 6.48. The maximum absolute atomic E-state index is 13.0. The van der Waals surface area contributed by atoms with Crippen LogP contribution in [0.25, 0.3) is 0 Å². The molecule has 1 saturated heterocycles. The van der Waals surface area contributed by atoms with E-state index in [4.69, 9.17) is 4.74 Å². The Morgan fingerprint density at radius 1 is 1.32 bits per heavy atom. The maximum atomic E-state index is 13.0. The van der Waals surface area contributed by atoms with Crippen molar-refractivity contribution in [3.8, 4) is 0 Å². The van der Waals surface area contributed by atoms with Crippen molar-refractivity contribution in [2.24, 2.45) is 11.3 Å². The zero-order valence-electron chi connectivity index (χ0n) is 16.4. The molecule has 7 nitrogen and oxygen atoms in total. The first kappa shape index (κ1) is 21.3. The Labute approximate surface area is 150 Å². The molecule has 0 aliphatic carbocycles. The van der Waals surface area contributed by atoms with Gasteiger partial charge in [0.25, 0.3) is 0 Å². The number of likely N-dealkylation sites (tertiary alicyclic amines) is 1. The molecule has 0 radical (unpaired) electrons. The molecule has 1 aliphatic heterocycles. The summed E-state index contributed by atoms with van der Waals surface area (Å²) < 4.78 is 5.25. The van der Waals surface area contributed by atoms with E-state index in [0.717, 1.165) is 0 Å². The van der Waals surface area contributed by atoms with Crippen molar-refractivity contribution >= 4 is 18.0 Å². The van der Waals surface area contributed by atoms with E-state index in [0.29, 0.717) is 19.4 Å². The summed E-state index contributed by atoms with van der Waals surface area (Å²) in [5, 5.41) is 12.1. The average Bonchev–Trinajstić information content (AvgIpc) is 2.77. The number of carboxylic acids is 1. The number of nitrogens with one attached hydrogen (secondary N) is 1. The third-order valence-electron chi connectivity index (χ3n) is 4.44. The first-order valence-corrected chi connectivity index (χ1v) is 8.80. The molecule has 25 heavy (non-hydrogen) atoms. The highest BCUT2D eigenvalue weighted by Gasteiger charge is 2.46. The molecule has 1 rings (SSSR count). The van der Waals surface area contributed by atoms with Crippen molar-refractivity contribution in [1.82, 2.24) is 10.2 Å². The molecule has 1 heterocycles. The van der Waals surface area contributed by atoms with Gasteiger partial charge in [-0.25, -0.2) is 9.59 Å². The molecular formula is C18H32N2O5. The van der Waals surface area contributed by atoms with Gasteiger partial charge in [0, 0.05) is 6.54 Å². The van der Waals surface area contributed by atoms with Crippen LogP contribution in [-0.4, -0.2) is 52.2 Å².